The number of imidazole rings is 1. The summed E-state index contributed by atoms with van der Waals surface area (Å²) in [5.41, 5.74) is 7.22. The number of aromatic nitrogens is 7. The van der Waals surface area contributed by atoms with Gasteiger partial charge in [0, 0.05) is 89.2 Å². The number of amides is 2. The van der Waals surface area contributed by atoms with Gasteiger partial charge in [-0.25, -0.2) is 18.9 Å². The molecule has 12 nitrogen and oxygen atoms in total. The molecule has 0 bridgehead atoms. The first-order chi connectivity index (χ1) is 29.2. The lowest BCUT2D eigenvalue weighted by Crippen LogP contribution is -2.51. The number of carbonyl (C=O) groups is 2. The van der Waals surface area contributed by atoms with Crippen LogP contribution in [0.3, 0.4) is 0 Å². The Bertz CT molecular complexity index is 3160. The molecule has 0 unspecified atom stereocenters. The molecule has 60 heavy (non-hydrogen) atoms. The van der Waals surface area contributed by atoms with Crippen LogP contribution >= 0.6 is 0 Å². The average molecular weight is 802 g/mol. The zero-order valence-corrected chi connectivity index (χ0v) is 32.4. The first-order valence-corrected chi connectivity index (χ1v) is 19.8. The molecule has 1 saturated heterocycles. The highest BCUT2D eigenvalue weighted by molar-refractivity contribution is 6.21. The van der Waals surface area contributed by atoms with Gasteiger partial charge >= 0.3 is 0 Å². The lowest BCUT2D eigenvalue weighted by atomic mass is 10.0. The topological polar surface area (TPSA) is 157 Å². The number of piperazine rings is 1. The zero-order chi connectivity index (χ0) is 41.1. The van der Waals surface area contributed by atoms with E-state index >= 15 is 0 Å². The van der Waals surface area contributed by atoms with Crippen LogP contribution in [-0.2, 0) is 11.2 Å². The van der Waals surface area contributed by atoms with Crippen molar-refractivity contribution in [2.24, 2.45) is 5.92 Å². The molecule has 2 fully saturated rings. The van der Waals surface area contributed by atoms with Gasteiger partial charge in [0.05, 0.1) is 38.7 Å². The molecule has 2 aliphatic rings. The van der Waals surface area contributed by atoms with Crippen LogP contribution < -0.4 is 5.56 Å². The van der Waals surface area contributed by atoms with E-state index in [1.54, 1.807) is 58.6 Å². The second-order valence-corrected chi connectivity index (χ2v) is 15.4. The first kappa shape index (κ1) is 37.0. The van der Waals surface area contributed by atoms with Gasteiger partial charge in [-0.2, -0.15) is 5.10 Å². The largest absolute Gasteiger partial charge is 0.358 e. The van der Waals surface area contributed by atoms with E-state index in [1.165, 1.54) is 12.1 Å². The Labute approximate surface area is 340 Å². The summed E-state index contributed by atoms with van der Waals surface area (Å²) in [7, 11) is 0. The van der Waals surface area contributed by atoms with Crippen LogP contribution in [0.5, 0.6) is 0 Å². The Morgan fingerprint density at radius 1 is 0.750 bits per heavy atom. The third-order valence-corrected chi connectivity index (χ3v) is 11.5. The minimum Gasteiger partial charge on any atom is -0.358 e. The number of pyridine rings is 2. The van der Waals surface area contributed by atoms with Crippen LogP contribution in [-0.4, -0.2) is 82.9 Å². The van der Waals surface area contributed by atoms with Crippen molar-refractivity contribution < 1.29 is 18.4 Å². The second kappa shape index (κ2) is 14.8. The maximum absolute atomic E-state index is 14.6. The fourth-order valence-electron chi connectivity index (χ4n) is 8.30. The Balaban J connectivity index is 0.000000145. The Kier molecular flexibility index (Phi) is 9.11. The molecule has 2 amide bonds. The summed E-state index contributed by atoms with van der Waals surface area (Å²) in [6.07, 6.45) is 5.79. The van der Waals surface area contributed by atoms with Crippen molar-refractivity contribution in [2.75, 3.05) is 26.2 Å². The van der Waals surface area contributed by atoms with Gasteiger partial charge in [-0.15, -0.1) is 0 Å². The number of benzene rings is 4. The number of halogens is 2. The van der Waals surface area contributed by atoms with E-state index in [-0.39, 0.29) is 34.7 Å². The predicted octanol–water partition coefficient (Wildman–Crippen LogP) is 7.60. The van der Waals surface area contributed by atoms with Crippen molar-refractivity contribution in [1.29, 1.82) is 0 Å². The molecule has 0 spiro atoms. The van der Waals surface area contributed by atoms with Crippen LogP contribution in [0.2, 0.25) is 0 Å². The summed E-state index contributed by atoms with van der Waals surface area (Å²) in [4.78, 5) is 61.4. The predicted molar refractivity (Wildman–Crippen MR) is 225 cm³/mol. The van der Waals surface area contributed by atoms with Crippen LogP contribution in [0.15, 0.2) is 102 Å². The third kappa shape index (κ3) is 6.59. The number of aromatic amines is 3. The molecule has 11 rings (SSSR count). The maximum atomic E-state index is 14.6. The highest BCUT2D eigenvalue weighted by atomic mass is 19.1. The van der Waals surface area contributed by atoms with Crippen molar-refractivity contribution in [3.05, 3.63) is 142 Å². The highest BCUT2D eigenvalue weighted by Gasteiger charge is 2.35. The van der Waals surface area contributed by atoms with Gasteiger partial charge < -0.3 is 19.8 Å². The summed E-state index contributed by atoms with van der Waals surface area (Å²) >= 11 is 0. The summed E-state index contributed by atoms with van der Waals surface area (Å²) < 4.78 is 28.5. The van der Waals surface area contributed by atoms with Gasteiger partial charge in [0.25, 0.3) is 11.5 Å². The molecule has 5 aromatic heterocycles. The lowest BCUT2D eigenvalue weighted by Gasteiger charge is -2.35. The molecular formula is C46H37F2N9O3. The van der Waals surface area contributed by atoms with Crippen molar-refractivity contribution in [1.82, 2.24) is 44.9 Å². The number of aryl methyl sites for hydroxylation is 1. The van der Waals surface area contributed by atoms with Crippen molar-refractivity contribution in [3.63, 3.8) is 0 Å². The summed E-state index contributed by atoms with van der Waals surface area (Å²) in [5, 5.41) is 10.6. The fourth-order valence-corrected chi connectivity index (χ4v) is 8.30. The molecule has 6 heterocycles. The standard InChI is InChI=1S/C24H23FN4O3.C22H14FN5/c25-20-8-5-15(14-21-17-3-1-2-4-18(17)22(30)27-26-21)13-19(20)24(32)29-11-9-28(10-12-29)23(31)16-6-7-16;1-11-17(15-10-12(23)6-7-16(15)26-11)22-27-20-13-4-2-8-24-18(13)19-14(21(20)28-22)5-3-9-25-19/h1-5,8,13,16H,6-7,9-12,14H2,(H,27,30);2-10,26H,1H3,(H,27,28). The van der Waals surface area contributed by atoms with E-state index in [0.29, 0.717) is 49.5 Å². The van der Waals surface area contributed by atoms with E-state index in [4.69, 9.17) is 4.98 Å². The number of nitrogens with zero attached hydrogens (tertiary/aromatic N) is 6. The van der Waals surface area contributed by atoms with Gasteiger partial charge in [-0.1, -0.05) is 24.3 Å². The SMILES string of the molecule is Cc1[nH]c2ccc(F)cc2c1-c1nc2c3cccnc3c3ncccc3c2[nH]1.O=C(c1cc(Cc2n[nH]c(=O)c3ccccc23)ccc1F)N1CCN(C(=O)C2CC2)CC1. The molecule has 14 heteroatoms. The number of nitrogens with one attached hydrogen (secondary N) is 3. The smallest absolute Gasteiger partial charge is 0.272 e. The molecular weight excluding hydrogens is 765 g/mol. The minimum atomic E-state index is -0.575. The third-order valence-electron chi connectivity index (χ3n) is 11.5. The summed E-state index contributed by atoms with van der Waals surface area (Å²) in [5.74, 6) is -0.189. The Morgan fingerprint density at radius 2 is 1.45 bits per heavy atom. The molecule has 298 valence electrons. The van der Waals surface area contributed by atoms with E-state index < -0.39 is 5.82 Å². The molecule has 0 atom stereocenters. The average Bonchev–Trinajstić information content (AvgIpc) is 3.95. The van der Waals surface area contributed by atoms with Crippen molar-refractivity contribution >= 4 is 66.3 Å². The van der Waals surface area contributed by atoms with Crippen LogP contribution in [0, 0.1) is 24.5 Å². The van der Waals surface area contributed by atoms with E-state index in [0.717, 1.165) is 78.8 Å². The van der Waals surface area contributed by atoms with Crippen molar-refractivity contribution in [2.45, 2.75) is 26.2 Å². The molecule has 1 aliphatic heterocycles. The maximum Gasteiger partial charge on any atom is 0.272 e. The van der Waals surface area contributed by atoms with Crippen LogP contribution in [0.25, 0.3) is 65.9 Å². The Morgan fingerprint density at radius 3 is 2.22 bits per heavy atom. The van der Waals surface area contributed by atoms with Gasteiger partial charge in [0.1, 0.15) is 17.5 Å². The normalized spacial score (nSPS) is 14.3. The summed E-state index contributed by atoms with van der Waals surface area (Å²) in [6, 6.07) is 24.2. The Hall–Kier alpha value is -7.35. The monoisotopic (exact) mass is 801 g/mol. The number of fused-ring (bicyclic) bond motifs is 8. The van der Waals surface area contributed by atoms with E-state index in [9.17, 15) is 23.2 Å². The molecule has 4 aromatic carbocycles. The van der Waals surface area contributed by atoms with Crippen LogP contribution in [0.1, 0.15) is 40.2 Å². The second-order valence-electron chi connectivity index (χ2n) is 15.4. The quantitative estimate of drug-likeness (QED) is 0.151. The number of rotatable bonds is 5. The summed E-state index contributed by atoms with van der Waals surface area (Å²) in [6.45, 7) is 3.73. The van der Waals surface area contributed by atoms with Gasteiger partial charge in [0.2, 0.25) is 5.91 Å². The van der Waals surface area contributed by atoms with Gasteiger partial charge in [-0.05, 0) is 86.0 Å². The lowest BCUT2D eigenvalue weighted by molar-refractivity contribution is -0.134. The van der Waals surface area contributed by atoms with Gasteiger partial charge in [0.15, 0.2) is 0 Å². The molecule has 9 aromatic rings. The molecule has 0 radical (unpaired) electrons. The molecule has 3 N–H and O–H groups in total. The fraction of sp³-hybridized carbons (Fsp3) is 0.196. The zero-order valence-electron chi connectivity index (χ0n) is 32.4. The van der Waals surface area contributed by atoms with E-state index in [2.05, 4.69) is 30.1 Å². The number of H-pyrrole nitrogens is 3. The first-order valence-electron chi connectivity index (χ1n) is 19.8. The number of carbonyl (C=O) groups excluding carboxylic acids is 2. The number of hydrogen-bond donors (Lipinski definition) is 3. The van der Waals surface area contributed by atoms with E-state index in [1.807, 2.05) is 43.3 Å². The highest BCUT2D eigenvalue weighted by Crippen LogP contribution is 2.37. The van der Waals surface area contributed by atoms with Gasteiger partial charge in [-0.3, -0.25) is 24.4 Å². The minimum absolute atomic E-state index is 0.0122. The number of hydrogen-bond acceptors (Lipinski definition) is 7. The molecule has 1 aliphatic carbocycles. The molecule has 1 saturated carbocycles. The van der Waals surface area contributed by atoms with Crippen molar-refractivity contribution in [3.8, 4) is 11.4 Å². The van der Waals surface area contributed by atoms with Crippen LogP contribution in [0.4, 0.5) is 8.78 Å².